The lowest BCUT2D eigenvalue weighted by molar-refractivity contribution is -0.131. The summed E-state index contributed by atoms with van der Waals surface area (Å²) in [6.45, 7) is 51.4. The number of ketones is 4. The maximum atomic E-state index is 11.8. The third kappa shape index (κ3) is 98.1. The van der Waals surface area contributed by atoms with E-state index in [-0.39, 0.29) is 33.7 Å². The van der Waals surface area contributed by atoms with Crippen LogP contribution in [0.15, 0.2) is 194 Å². The summed E-state index contributed by atoms with van der Waals surface area (Å²) in [5.41, 5.74) is 5.33. The van der Waals surface area contributed by atoms with E-state index in [1.54, 1.807) is 0 Å². The zero-order valence-corrected chi connectivity index (χ0v) is 82.2. The van der Waals surface area contributed by atoms with Crippen LogP contribution in [0.3, 0.4) is 0 Å². The first-order valence-corrected chi connectivity index (χ1v) is 47.7. The van der Waals surface area contributed by atoms with Crippen molar-refractivity contribution in [1.29, 1.82) is 0 Å². The molecule has 0 unspecified atom stereocenters. The lowest BCUT2D eigenvalue weighted by atomic mass is 9.87. The highest BCUT2D eigenvalue weighted by Gasteiger charge is 2.31. The van der Waals surface area contributed by atoms with Crippen molar-refractivity contribution in [3.63, 3.8) is 0 Å². The molecule has 1 heterocycles. The average molecular weight is 1670 g/mol. The van der Waals surface area contributed by atoms with Gasteiger partial charge in [0.25, 0.3) is 0 Å². The zero-order chi connectivity index (χ0) is 88.6. The lowest BCUT2D eigenvalue weighted by Crippen LogP contribution is -2.46. The predicted molar refractivity (Wildman–Crippen MR) is 532 cm³/mol. The molecule has 0 saturated carbocycles. The number of allylic oxidation sites excluding steroid dienone is 32. The Labute approximate surface area is 732 Å². The Bertz CT molecular complexity index is 2870. The number of thiol groups is 2. The van der Waals surface area contributed by atoms with Crippen LogP contribution in [-0.4, -0.2) is 63.1 Å². The molecule has 0 bridgehead atoms. The molecule has 3 N–H and O–H groups in total. The molecule has 660 valence electrons. The number of nitrogens with one attached hydrogen (secondary N) is 1. The van der Waals surface area contributed by atoms with Crippen LogP contribution in [-0.2, 0) is 24.0 Å². The maximum absolute atomic E-state index is 11.8. The van der Waals surface area contributed by atoms with Crippen molar-refractivity contribution >= 4 is 75.9 Å². The van der Waals surface area contributed by atoms with Gasteiger partial charge in [-0.1, -0.05) is 375 Å². The third-order valence-electron chi connectivity index (χ3n) is 17.2. The highest BCUT2D eigenvalue weighted by molar-refractivity contribution is 8.77. The zero-order valence-electron chi connectivity index (χ0n) is 78.8. The van der Waals surface area contributed by atoms with Gasteiger partial charge in [-0.15, -0.1) is 0 Å². The Morgan fingerprint density at radius 1 is 0.383 bits per heavy atom. The Balaban J connectivity index is -0.000000308. The molecule has 1 aliphatic rings. The standard InChI is InChI=1S/C24H38O.C23H38.C17H30.C13H24OS2.C11H18.C9H17NO2S.C7H15NOS/c1-5-6-7-8-9-10-11-12-13-14-15-16-17-18-19-20-21-22-23(25)24(2,3)4;1-5-6-7-8-9-10-11-12-13-14-15-16-17-18-19-20-21-22-23(2,3)4;1-5-6-7-8-9-10-11-12-13-14-15-16-17(2,3)4;1-12(2,3)11(14)7-5-6-8-13(4)9-10-15-16-13;1-3-5-7-9-11-10-8-6-4-2;1-6(11)10-7(5-13)8(12)9(2,3)4;1-7(2,3)6(9)5(8)4-10/h6-7,9-10,12-13,15-16,18-19H,5,8,11,14,17,20-22H2,1-4H3;6-7,9-10,12-13,15-16,18-19H,5,8,11,14,17,20-22H2,1-4H3;6-7,9-10,12-13H,5,8,11,14-16H2,1-4H3;5-10H2,1-4H3;3,5-6,8-9,11H,4,7,10H2,1-2H3;7,13H,5H2,1-4H3,(H,10,11);5,10H,4,8H2,1-3H3/b2*7-6-,10-9-,13-12-,16-15-,19-18-;7-6-,10-9-,13-12-;;5-3-,8-6-,11-9-;;/t;;;13-;;7-;5-/m...1.00/s1. The fourth-order valence-electron chi connectivity index (χ4n) is 9.98. The Hall–Kier alpha value is -4.65. The van der Waals surface area contributed by atoms with E-state index in [1.807, 2.05) is 112 Å². The molecule has 3 atom stereocenters. The van der Waals surface area contributed by atoms with Gasteiger partial charge in [-0.3, -0.25) is 24.0 Å². The number of Topliss-reactive ketones (excluding diaryl/α,β-unsaturated/α-hetero) is 4. The molecule has 1 aliphatic heterocycles. The molecule has 1 rings (SSSR count). The molecule has 0 aromatic rings. The molecule has 1 fully saturated rings. The van der Waals surface area contributed by atoms with E-state index in [0.29, 0.717) is 45.1 Å². The minimum atomic E-state index is -0.471. The van der Waals surface area contributed by atoms with E-state index < -0.39 is 17.5 Å². The van der Waals surface area contributed by atoms with E-state index in [1.165, 1.54) is 70.5 Å². The van der Waals surface area contributed by atoms with E-state index in [9.17, 15) is 24.0 Å². The number of amides is 1. The van der Waals surface area contributed by atoms with Gasteiger partial charge in [0.2, 0.25) is 5.91 Å². The highest BCUT2D eigenvalue weighted by atomic mass is 33.1. The summed E-state index contributed by atoms with van der Waals surface area (Å²) in [6, 6.07) is -0.885. The summed E-state index contributed by atoms with van der Waals surface area (Å²) in [7, 11) is 4.04. The predicted octanol–water partition coefficient (Wildman–Crippen LogP) is 32.0. The Morgan fingerprint density at radius 3 is 0.887 bits per heavy atom. The molecular formula is C104H180N2O5S4. The summed E-state index contributed by atoms with van der Waals surface area (Å²) >= 11 is 7.97. The summed E-state index contributed by atoms with van der Waals surface area (Å²) in [5, 5.41) is 2.57. The van der Waals surface area contributed by atoms with Gasteiger partial charge in [0.1, 0.15) is 11.6 Å². The summed E-state index contributed by atoms with van der Waals surface area (Å²) in [6.07, 6.45) is 104. The molecule has 7 nitrogen and oxygen atoms in total. The molecule has 115 heavy (non-hydrogen) atoms. The first-order chi connectivity index (χ1) is 54.0. The second-order valence-corrected chi connectivity index (χ2v) is 39.7. The van der Waals surface area contributed by atoms with Crippen LogP contribution < -0.4 is 11.1 Å². The summed E-state index contributed by atoms with van der Waals surface area (Å²) in [5.74, 6) is 2.72. The lowest BCUT2D eigenvalue weighted by Gasteiger charge is -2.23. The number of nitrogens with two attached hydrogens (primary N) is 1. The minimum Gasteiger partial charge on any atom is -0.346 e. The second kappa shape index (κ2) is 80.4. The Kier molecular flexibility index (Phi) is 84.7. The van der Waals surface area contributed by atoms with Crippen molar-refractivity contribution in [3.05, 3.63) is 194 Å². The highest BCUT2D eigenvalue weighted by Crippen LogP contribution is 2.49. The SMILES string of the molecule is C/C=C\C/C=C\C/C=C\CC.CC(=O)N[C@@H](CS)C(=O)C(C)(C)C.CC(C)(C)C(=O)CCCC[C@]1(C)CCSS1.CC(C)(C)C(=O)[C@@H](N)CS.CC/C=C\C/C=C\C/C=C\C/C=C\C/C=C\CCCC(=O)C(C)(C)C.CC/C=C\C/C=C\C/C=C\C/C=C\C/C=C\CCCC(C)(C)C.CC/C=C\C/C=C\C/C=C\CCCC(C)(C)C. The van der Waals surface area contributed by atoms with Gasteiger partial charge in [0, 0.05) is 63.4 Å². The molecule has 0 spiro atoms. The van der Waals surface area contributed by atoms with Gasteiger partial charge >= 0.3 is 0 Å². The number of unbranched alkanes of at least 4 members (excludes halogenated alkanes) is 4. The van der Waals surface area contributed by atoms with Gasteiger partial charge in [0.05, 0.1) is 12.1 Å². The molecule has 11 heteroatoms. The minimum absolute atomic E-state index is 0.0118. The first kappa shape index (κ1) is 121. The number of rotatable bonds is 48. The van der Waals surface area contributed by atoms with Crippen LogP contribution in [0.25, 0.3) is 0 Å². The van der Waals surface area contributed by atoms with E-state index in [2.05, 4.69) is 301 Å². The van der Waals surface area contributed by atoms with E-state index >= 15 is 0 Å². The van der Waals surface area contributed by atoms with Crippen molar-refractivity contribution in [3.8, 4) is 0 Å². The van der Waals surface area contributed by atoms with E-state index in [4.69, 9.17) is 5.73 Å². The molecule has 1 amide bonds. The average Bonchev–Trinajstić information content (AvgIpc) is 1.29. The third-order valence-corrected chi connectivity index (χ3v) is 21.3. The van der Waals surface area contributed by atoms with Crippen LogP contribution in [0, 0.1) is 32.5 Å². The summed E-state index contributed by atoms with van der Waals surface area (Å²) in [4.78, 5) is 57.1. The van der Waals surface area contributed by atoms with Crippen molar-refractivity contribution in [2.24, 2.45) is 38.2 Å². The number of hydrogen-bond acceptors (Lipinski definition) is 10. The van der Waals surface area contributed by atoms with Gasteiger partial charge in [-0.05, 0) is 198 Å². The molecule has 0 aliphatic carbocycles. The van der Waals surface area contributed by atoms with Crippen molar-refractivity contribution in [1.82, 2.24) is 5.32 Å². The topological polar surface area (TPSA) is 123 Å². The number of carbonyl (C=O) groups excluding carboxylic acids is 5. The van der Waals surface area contributed by atoms with Gasteiger partial charge in [-0.2, -0.15) is 25.3 Å². The smallest absolute Gasteiger partial charge is 0.217 e. The number of carbonyl (C=O) groups is 5. The van der Waals surface area contributed by atoms with Gasteiger partial charge in [0.15, 0.2) is 11.6 Å². The quantitative estimate of drug-likeness (QED) is 0.0206. The normalized spacial score (nSPS) is 15.3. The van der Waals surface area contributed by atoms with Crippen molar-refractivity contribution in [2.45, 2.75) is 383 Å². The maximum Gasteiger partial charge on any atom is 0.217 e. The second-order valence-electron chi connectivity index (χ2n) is 36.0. The molecule has 0 radical (unpaired) electrons. The number of hydrogen-bond donors (Lipinski definition) is 4. The van der Waals surface area contributed by atoms with Crippen LogP contribution in [0.5, 0.6) is 0 Å². The first-order valence-electron chi connectivity index (χ1n) is 44.1. The van der Waals surface area contributed by atoms with E-state index in [0.717, 1.165) is 128 Å². The largest absolute Gasteiger partial charge is 0.346 e. The fraction of sp³-hybridized carbons (Fsp3) is 0.644. The van der Waals surface area contributed by atoms with Crippen molar-refractivity contribution < 1.29 is 24.0 Å². The molecule has 0 aromatic carbocycles. The summed E-state index contributed by atoms with van der Waals surface area (Å²) < 4.78 is 0.482. The van der Waals surface area contributed by atoms with Gasteiger partial charge < -0.3 is 11.1 Å². The molecule has 0 aromatic heterocycles. The van der Waals surface area contributed by atoms with Crippen molar-refractivity contribution in [2.75, 3.05) is 17.3 Å². The van der Waals surface area contributed by atoms with Crippen LogP contribution in [0.2, 0.25) is 0 Å². The monoisotopic (exact) mass is 1670 g/mol. The van der Waals surface area contributed by atoms with Crippen LogP contribution >= 0.6 is 46.8 Å². The van der Waals surface area contributed by atoms with Crippen LogP contribution in [0.1, 0.15) is 366 Å². The molecular weight excluding hydrogens is 1490 g/mol. The molecule has 1 saturated heterocycles. The van der Waals surface area contributed by atoms with Crippen LogP contribution in [0.4, 0.5) is 0 Å². The Morgan fingerprint density at radius 2 is 0.661 bits per heavy atom. The fourth-order valence-corrected chi connectivity index (χ4v) is 13.7. The van der Waals surface area contributed by atoms with Gasteiger partial charge in [-0.25, -0.2) is 0 Å².